The van der Waals surface area contributed by atoms with Gasteiger partial charge in [0, 0.05) is 30.7 Å². The molecule has 0 radical (unpaired) electrons. The predicted molar refractivity (Wildman–Crippen MR) is 88.2 cm³/mol. The van der Waals surface area contributed by atoms with Gasteiger partial charge in [0.05, 0.1) is 7.11 Å². The normalized spacial score (nSPS) is 11.4. The molecule has 2 rings (SSSR count). The first-order chi connectivity index (χ1) is 10.9. The summed E-state index contributed by atoms with van der Waals surface area (Å²) in [6.07, 6.45) is 5.36. The number of hydrogen-bond acceptors (Lipinski definition) is 4. The van der Waals surface area contributed by atoms with Gasteiger partial charge in [-0.05, 0) is 36.5 Å². The van der Waals surface area contributed by atoms with Gasteiger partial charge in [-0.15, -0.1) is 0 Å². The number of ether oxygens (including phenoxy) is 1. The maximum Gasteiger partial charge on any atom is 0.327 e. The molecule has 0 bridgehead atoms. The molecule has 0 fully saturated rings. The van der Waals surface area contributed by atoms with Crippen molar-refractivity contribution in [2.45, 2.75) is 33.1 Å². The van der Waals surface area contributed by atoms with E-state index in [-0.39, 0.29) is 17.4 Å². The van der Waals surface area contributed by atoms with Gasteiger partial charge in [0.25, 0.3) is 0 Å². The van der Waals surface area contributed by atoms with Crippen molar-refractivity contribution in [3.05, 3.63) is 30.6 Å². The highest BCUT2D eigenvalue weighted by Gasteiger charge is 2.20. The summed E-state index contributed by atoms with van der Waals surface area (Å²) in [5, 5.41) is 3.87. The first-order valence-electron chi connectivity index (χ1n) is 7.70. The van der Waals surface area contributed by atoms with Crippen molar-refractivity contribution in [1.82, 2.24) is 14.9 Å². The smallest absolute Gasteiger partial charge is 0.327 e. The highest BCUT2D eigenvalue weighted by molar-refractivity contribution is 5.89. The molecule has 6 heteroatoms. The van der Waals surface area contributed by atoms with Crippen molar-refractivity contribution in [3.63, 3.8) is 0 Å². The molecule has 6 nitrogen and oxygen atoms in total. The molecule has 0 aromatic carbocycles. The lowest BCUT2D eigenvalue weighted by atomic mass is 9.87. The Morgan fingerprint density at radius 1 is 1.35 bits per heavy atom. The fourth-order valence-electron chi connectivity index (χ4n) is 2.43. The molecule has 0 aliphatic heterocycles. The van der Waals surface area contributed by atoms with Crippen molar-refractivity contribution in [3.8, 4) is 0 Å². The van der Waals surface area contributed by atoms with E-state index in [1.807, 2.05) is 18.2 Å². The lowest BCUT2D eigenvalue weighted by Crippen LogP contribution is -2.36. The monoisotopic (exact) mass is 317 g/mol. The zero-order valence-corrected chi connectivity index (χ0v) is 13.8. The van der Waals surface area contributed by atoms with E-state index in [1.165, 1.54) is 11.7 Å². The number of rotatable bonds is 6. The Hall–Kier alpha value is -2.37. The van der Waals surface area contributed by atoms with E-state index in [0.717, 1.165) is 18.2 Å². The van der Waals surface area contributed by atoms with Gasteiger partial charge in [0.15, 0.2) is 0 Å². The van der Waals surface area contributed by atoms with Gasteiger partial charge in [-0.1, -0.05) is 13.8 Å². The number of methoxy groups -OCH3 is 1. The number of carbonyl (C=O) groups is 2. The minimum Gasteiger partial charge on any atom is -0.469 e. The van der Waals surface area contributed by atoms with Gasteiger partial charge in [-0.3, -0.25) is 9.36 Å². The van der Waals surface area contributed by atoms with E-state index in [2.05, 4.69) is 28.9 Å². The lowest BCUT2D eigenvalue weighted by Gasteiger charge is -2.24. The molecule has 1 amide bonds. The molecular weight excluding hydrogens is 294 g/mol. The minimum atomic E-state index is -0.199. The third kappa shape index (κ3) is 4.55. The average Bonchev–Trinajstić information content (AvgIpc) is 2.96. The van der Waals surface area contributed by atoms with Crippen LogP contribution in [0, 0.1) is 5.41 Å². The zero-order chi connectivity index (χ0) is 16.9. The van der Waals surface area contributed by atoms with E-state index in [4.69, 9.17) is 0 Å². The summed E-state index contributed by atoms with van der Waals surface area (Å²) in [6, 6.07) is 5.43. The molecule has 0 saturated heterocycles. The van der Waals surface area contributed by atoms with Crippen molar-refractivity contribution in [2.24, 2.45) is 5.41 Å². The number of fused-ring (bicyclic) bond motifs is 1. The van der Waals surface area contributed by atoms with Gasteiger partial charge in [0.2, 0.25) is 0 Å². The Morgan fingerprint density at radius 3 is 2.87 bits per heavy atom. The highest BCUT2D eigenvalue weighted by atomic mass is 16.5. The fraction of sp³-hybridized carbons (Fsp3) is 0.471. The van der Waals surface area contributed by atoms with Crippen molar-refractivity contribution in [1.29, 1.82) is 0 Å². The summed E-state index contributed by atoms with van der Waals surface area (Å²) in [5.41, 5.74) is 0.550. The largest absolute Gasteiger partial charge is 0.469 e. The van der Waals surface area contributed by atoms with Crippen LogP contribution in [-0.2, 0) is 9.53 Å². The summed E-state index contributed by atoms with van der Waals surface area (Å²) >= 11 is 0. The van der Waals surface area contributed by atoms with Crippen molar-refractivity contribution in [2.75, 3.05) is 13.7 Å². The fourth-order valence-corrected chi connectivity index (χ4v) is 2.43. The number of amides is 1. The second-order valence-corrected chi connectivity index (χ2v) is 6.35. The molecule has 0 atom stereocenters. The minimum absolute atomic E-state index is 0.0972. The van der Waals surface area contributed by atoms with Crippen LogP contribution in [0.5, 0.6) is 0 Å². The van der Waals surface area contributed by atoms with Crippen LogP contribution in [0.25, 0.3) is 11.0 Å². The molecule has 1 N–H and O–H groups in total. The van der Waals surface area contributed by atoms with Gasteiger partial charge in [-0.2, -0.15) is 0 Å². The number of hydrogen-bond donors (Lipinski definition) is 1. The van der Waals surface area contributed by atoms with Crippen LogP contribution in [0.1, 0.15) is 33.1 Å². The third-order valence-corrected chi connectivity index (χ3v) is 3.85. The summed E-state index contributed by atoms with van der Waals surface area (Å²) in [6.45, 7) is 4.66. The Kier molecular flexibility index (Phi) is 5.36. The highest BCUT2D eigenvalue weighted by Crippen LogP contribution is 2.22. The summed E-state index contributed by atoms with van der Waals surface area (Å²) < 4.78 is 6.15. The summed E-state index contributed by atoms with van der Waals surface area (Å²) in [4.78, 5) is 27.7. The van der Waals surface area contributed by atoms with E-state index in [1.54, 1.807) is 12.4 Å². The van der Waals surface area contributed by atoms with Gasteiger partial charge in [0.1, 0.15) is 5.65 Å². The Bertz CT molecular complexity index is 691. The van der Waals surface area contributed by atoms with E-state index in [0.29, 0.717) is 18.6 Å². The molecule has 0 spiro atoms. The summed E-state index contributed by atoms with van der Waals surface area (Å²) in [5.74, 6) is -0.199. The van der Waals surface area contributed by atoms with Crippen LogP contribution in [0.15, 0.2) is 30.6 Å². The van der Waals surface area contributed by atoms with Gasteiger partial charge in [-0.25, -0.2) is 9.78 Å². The SMILES string of the molecule is COC(=O)CCCC(C)(C)CNC(=O)n1ccc2cccnc21. The van der Waals surface area contributed by atoms with Crippen molar-refractivity contribution >= 4 is 23.0 Å². The summed E-state index contributed by atoms with van der Waals surface area (Å²) in [7, 11) is 1.39. The van der Waals surface area contributed by atoms with Crippen LogP contribution in [0.3, 0.4) is 0 Å². The second kappa shape index (κ2) is 7.26. The molecule has 23 heavy (non-hydrogen) atoms. The first kappa shape index (κ1) is 17.0. The Morgan fingerprint density at radius 2 is 2.13 bits per heavy atom. The lowest BCUT2D eigenvalue weighted by molar-refractivity contribution is -0.140. The molecule has 2 aromatic rings. The number of nitrogens with zero attached hydrogens (tertiary/aromatic N) is 2. The topological polar surface area (TPSA) is 73.2 Å². The number of esters is 1. The van der Waals surface area contributed by atoms with Crippen molar-refractivity contribution < 1.29 is 14.3 Å². The third-order valence-electron chi connectivity index (χ3n) is 3.85. The van der Waals surface area contributed by atoms with E-state index in [9.17, 15) is 9.59 Å². The molecule has 2 heterocycles. The quantitative estimate of drug-likeness (QED) is 0.831. The maximum atomic E-state index is 12.3. The van der Waals surface area contributed by atoms with E-state index >= 15 is 0 Å². The molecule has 0 saturated carbocycles. The standard InChI is InChI=1S/C17H23N3O3/c1-17(2,9-4-7-14(21)23-3)12-19-16(22)20-11-8-13-6-5-10-18-15(13)20/h5-6,8,10-11H,4,7,9,12H2,1-3H3,(H,19,22). The molecule has 2 aromatic heterocycles. The van der Waals surface area contributed by atoms with Crippen LogP contribution in [0.2, 0.25) is 0 Å². The van der Waals surface area contributed by atoms with Crippen LogP contribution in [0.4, 0.5) is 4.79 Å². The number of pyridine rings is 1. The Labute approximate surface area is 135 Å². The number of nitrogens with one attached hydrogen (secondary N) is 1. The predicted octanol–water partition coefficient (Wildman–Crippen LogP) is 2.96. The number of aromatic nitrogens is 2. The van der Waals surface area contributed by atoms with Gasteiger partial charge < -0.3 is 10.1 Å². The molecule has 124 valence electrons. The van der Waals surface area contributed by atoms with Crippen LogP contribution >= 0.6 is 0 Å². The molecule has 0 aliphatic rings. The maximum absolute atomic E-state index is 12.3. The average molecular weight is 317 g/mol. The second-order valence-electron chi connectivity index (χ2n) is 6.35. The van der Waals surface area contributed by atoms with Crippen LogP contribution < -0.4 is 5.32 Å². The number of carbonyl (C=O) groups excluding carboxylic acids is 2. The zero-order valence-electron chi connectivity index (χ0n) is 13.8. The molecule has 0 unspecified atom stereocenters. The van der Waals surface area contributed by atoms with Crippen LogP contribution in [-0.4, -0.2) is 35.2 Å². The first-order valence-corrected chi connectivity index (χ1v) is 7.70. The van der Waals surface area contributed by atoms with E-state index < -0.39 is 0 Å². The molecule has 0 aliphatic carbocycles. The Balaban J connectivity index is 1.89. The molecular formula is C17H23N3O3. The van der Waals surface area contributed by atoms with Gasteiger partial charge >= 0.3 is 12.0 Å².